The third-order valence-corrected chi connectivity index (χ3v) is 2.43. The zero-order valence-corrected chi connectivity index (χ0v) is 10.2. The normalized spacial score (nSPS) is 8.89. The minimum atomic E-state index is -0.212. The van der Waals surface area contributed by atoms with Crippen LogP contribution in [-0.2, 0) is 0 Å². The number of hydrogen-bond donors (Lipinski definition) is 1. The molecule has 0 saturated carbocycles. The van der Waals surface area contributed by atoms with E-state index in [1.807, 2.05) is 44.2 Å². The Labute approximate surface area is 106 Å². The second-order valence-corrected chi connectivity index (χ2v) is 3.95. The highest BCUT2D eigenvalue weighted by atomic mass is 14.9. The Morgan fingerprint density at radius 2 is 1.67 bits per heavy atom. The molecule has 0 aliphatic carbocycles. The van der Waals surface area contributed by atoms with Gasteiger partial charge in [-0.3, -0.25) is 0 Å². The fourth-order valence-corrected chi connectivity index (χ4v) is 1.53. The summed E-state index contributed by atoms with van der Waals surface area (Å²) in [5, 5.41) is 29.4. The van der Waals surface area contributed by atoms with E-state index in [1.54, 1.807) is 12.1 Å². The number of anilines is 1. The molecular weight excluding hydrogens is 224 g/mol. The molecule has 1 rings (SSSR count). The molecule has 0 amide bonds. The fourth-order valence-electron chi connectivity index (χ4n) is 1.53. The van der Waals surface area contributed by atoms with Gasteiger partial charge < -0.3 is 5.32 Å². The third kappa shape index (κ3) is 2.88. The molecule has 1 aromatic carbocycles. The molecule has 0 aliphatic heterocycles. The smallest absolute Gasteiger partial charge is 0.163 e. The van der Waals surface area contributed by atoms with Crippen LogP contribution in [0.15, 0.2) is 35.5 Å². The molecule has 0 fully saturated rings. The molecule has 0 heterocycles. The third-order valence-electron chi connectivity index (χ3n) is 2.43. The van der Waals surface area contributed by atoms with Crippen molar-refractivity contribution in [3.05, 3.63) is 41.1 Å². The molecule has 4 heteroatoms. The van der Waals surface area contributed by atoms with Crippen LogP contribution in [0.1, 0.15) is 25.3 Å². The first-order chi connectivity index (χ1) is 8.63. The van der Waals surface area contributed by atoms with Crippen LogP contribution in [0.2, 0.25) is 0 Å². The van der Waals surface area contributed by atoms with Crippen molar-refractivity contribution in [2.75, 3.05) is 5.32 Å². The van der Waals surface area contributed by atoms with E-state index in [-0.39, 0.29) is 17.2 Å². The van der Waals surface area contributed by atoms with Crippen LogP contribution >= 0.6 is 0 Å². The summed E-state index contributed by atoms with van der Waals surface area (Å²) in [7, 11) is 0. The SMILES string of the molecule is CC(C)c1ccccc1NC(C#N)=C(C#N)C#N. The molecule has 0 saturated heterocycles. The second-order valence-electron chi connectivity index (χ2n) is 3.95. The molecule has 0 spiro atoms. The number of nitriles is 3. The Hall–Kier alpha value is -2.77. The summed E-state index contributed by atoms with van der Waals surface area (Å²) in [4.78, 5) is 0. The second kappa shape index (κ2) is 6.09. The van der Waals surface area contributed by atoms with Crippen molar-refractivity contribution in [2.45, 2.75) is 19.8 Å². The van der Waals surface area contributed by atoms with Crippen LogP contribution in [0, 0.1) is 34.0 Å². The van der Waals surface area contributed by atoms with Gasteiger partial charge in [-0.05, 0) is 17.5 Å². The summed E-state index contributed by atoms with van der Waals surface area (Å²) < 4.78 is 0. The summed E-state index contributed by atoms with van der Waals surface area (Å²) in [6, 6.07) is 12.8. The molecule has 0 aliphatic rings. The maximum absolute atomic E-state index is 8.98. The Morgan fingerprint density at radius 3 is 2.17 bits per heavy atom. The molecule has 88 valence electrons. The van der Waals surface area contributed by atoms with Crippen molar-refractivity contribution in [1.82, 2.24) is 0 Å². The van der Waals surface area contributed by atoms with Crippen molar-refractivity contribution in [1.29, 1.82) is 15.8 Å². The lowest BCUT2D eigenvalue weighted by Crippen LogP contribution is -2.04. The van der Waals surface area contributed by atoms with Gasteiger partial charge in [0.1, 0.15) is 23.9 Å². The van der Waals surface area contributed by atoms with Crippen LogP contribution in [0.3, 0.4) is 0 Å². The molecule has 4 nitrogen and oxygen atoms in total. The molecular formula is C14H12N4. The first-order valence-corrected chi connectivity index (χ1v) is 5.44. The lowest BCUT2D eigenvalue weighted by molar-refractivity contribution is 0.868. The van der Waals surface area contributed by atoms with Gasteiger partial charge in [0.2, 0.25) is 0 Å². The standard InChI is InChI=1S/C14H12N4/c1-10(2)12-5-3-4-6-13(12)18-14(9-17)11(7-15)8-16/h3-6,10,18H,1-2H3. The van der Waals surface area contributed by atoms with E-state index in [2.05, 4.69) is 5.32 Å². The number of allylic oxidation sites excluding steroid dienone is 2. The van der Waals surface area contributed by atoms with Crippen LogP contribution < -0.4 is 5.32 Å². The number of nitrogens with one attached hydrogen (secondary N) is 1. The number of benzene rings is 1. The van der Waals surface area contributed by atoms with Crippen LogP contribution in [-0.4, -0.2) is 0 Å². The highest BCUT2D eigenvalue weighted by molar-refractivity contribution is 5.62. The summed E-state index contributed by atoms with van der Waals surface area (Å²) >= 11 is 0. The van der Waals surface area contributed by atoms with Gasteiger partial charge in [0, 0.05) is 5.69 Å². The van der Waals surface area contributed by atoms with Gasteiger partial charge in [-0.2, -0.15) is 15.8 Å². The number of para-hydroxylation sites is 1. The summed E-state index contributed by atoms with van der Waals surface area (Å²) in [6.07, 6.45) is 0. The zero-order chi connectivity index (χ0) is 13.5. The van der Waals surface area contributed by atoms with Gasteiger partial charge in [-0.1, -0.05) is 32.0 Å². The van der Waals surface area contributed by atoms with E-state index >= 15 is 0 Å². The van der Waals surface area contributed by atoms with Gasteiger partial charge in [-0.25, -0.2) is 0 Å². The lowest BCUT2D eigenvalue weighted by atomic mass is 10.0. The average molecular weight is 236 g/mol. The van der Waals surface area contributed by atoms with Gasteiger partial charge in [0.15, 0.2) is 5.57 Å². The fraction of sp³-hybridized carbons (Fsp3) is 0.214. The number of hydrogen-bond acceptors (Lipinski definition) is 4. The predicted octanol–water partition coefficient (Wildman–Crippen LogP) is 3.05. The Bertz CT molecular complexity index is 575. The number of rotatable bonds is 3. The molecule has 1 aromatic rings. The summed E-state index contributed by atoms with van der Waals surface area (Å²) in [5.74, 6) is 0.279. The highest BCUT2D eigenvalue weighted by Crippen LogP contribution is 2.25. The summed E-state index contributed by atoms with van der Waals surface area (Å²) in [5.41, 5.74) is 1.54. The molecule has 0 aromatic heterocycles. The van der Waals surface area contributed by atoms with Gasteiger partial charge >= 0.3 is 0 Å². The van der Waals surface area contributed by atoms with Crippen molar-refractivity contribution >= 4 is 5.69 Å². The van der Waals surface area contributed by atoms with E-state index in [1.165, 1.54) is 0 Å². The van der Waals surface area contributed by atoms with E-state index in [0.717, 1.165) is 11.3 Å². The molecule has 0 radical (unpaired) electrons. The molecule has 0 bridgehead atoms. The maximum atomic E-state index is 8.98. The molecule has 0 atom stereocenters. The van der Waals surface area contributed by atoms with E-state index in [4.69, 9.17) is 15.8 Å². The van der Waals surface area contributed by atoms with E-state index in [9.17, 15) is 0 Å². The first kappa shape index (κ1) is 13.3. The molecule has 0 unspecified atom stereocenters. The Balaban J connectivity index is 3.21. The van der Waals surface area contributed by atoms with Gasteiger partial charge in [0.05, 0.1) is 0 Å². The largest absolute Gasteiger partial charge is 0.345 e. The topological polar surface area (TPSA) is 83.4 Å². The molecule has 1 N–H and O–H groups in total. The van der Waals surface area contributed by atoms with Gasteiger partial charge in [-0.15, -0.1) is 0 Å². The van der Waals surface area contributed by atoms with Crippen LogP contribution in [0.25, 0.3) is 0 Å². The summed E-state index contributed by atoms with van der Waals surface area (Å²) in [6.45, 7) is 4.07. The van der Waals surface area contributed by atoms with Crippen LogP contribution in [0.4, 0.5) is 5.69 Å². The Kier molecular flexibility index (Phi) is 4.50. The van der Waals surface area contributed by atoms with E-state index < -0.39 is 0 Å². The Morgan fingerprint density at radius 1 is 1.06 bits per heavy atom. The van der Waals surface area contributed by atoms with Crippen molar-refractivity contribution in [2.24, 2.45) is 0 Å². The lowest BCUT2D eigenvalue weighted by Gasteiger charge is -2.13. The van der Waals surface area contributed by atoms with Crippen molar-refractivity contribution < 1.29 is 0 Å². The first-order valence-electron chi connectivity index (χ1n) is 5.44. The van der Waals surface area contributed by atoms with Gasteiger partial charge in [0.25, 0.3) is 0 Å². The number of nitrogens with zero attached hydrogens (tertiary/aromatic N) is 3. The van der Waals surface area contributed by atoms with Crippen molar-refractivity contribution in [3.8, 4) is 18.2 Å². The van der Waals surface area contributed by atoms with E-state index in [0.29, 0.717) is 0 Å². The monoisotopic (exact) mass is 236 g/mol. The maximum Gasteiger partial charge on any atom is 0.163 e. The minimum absolute atomic E-state index is 0.0203. The minimum Gasteiger partial charge on any atom is -0.345 e. The average Bonchev–Trinajstić information content (AvgIpc) is 2.39. The van der Waals surface area contributed by atoms with Crippen LogP contribution in [0.5, 0.6) is 0 Å². The quantitative estimate of drug-likeness (QED) is 0.817. The van der Waals surface area contributed by atoms with Crippen molar-refractivity contribution in [3.63, 3.8) is 0 Å². The molecule has 18 heavy (non-hydrogen) atoms. The predicted molar refractivity (Wildman–Crippen MR) is 68.0 cm³/mol. The zero-order valence-electron chi connectivity index (χ0n) is 10.2. The highest BCUT2D eigenvalue weighted by Gasteiger charge is 2.10.